The van der Waals surface area contributed by atoms with E-state index < -0.39 is 0 Å². The van der Waals surface area contributed by atoms with Crippen molar-refractivity contribution < 1.29 is 19.1 Å². The van der Waals surface area contributed by atoms with Crippen molar-refractivity contribution in [3.63, 3.8) is 0 Å². The zero-order valence-electron chi connectivity index (χ0n) is 25.0. The molecule has 0 bridgehead atoms. The van der Waals surface area contributed by atoms with Gasteiger partial charge in [0.25, 0.3) is 5.91 Å². The molecule has 2 saturated heterocycles. The molecule has 0 N–H and O–H groups in total. The molecule has 8 nitrogen and oxygen atoms in total. The molecular formula is C36H38N4O4. The van der Waals surface area contributed by atoms with Gasteiger partial charge in [-0.15, -0.1) is 0 Å². The molecule has 1 aliphatic carbocycles. The number of amides is 1. The third kappa shape index (κ3) is 7.40. The number of hydrogen-bond donors (Lipinski definition) is 0. The second kappa shape index (κ2) is 13.5. The van der Waals surface area contributed by atoms with Crippen LogP contribution in [0.4, 0.5) is 0 Å². The maximum Gasteiger partial charge on any atom is 0.272 e. The van der Waals surface area contributed by atoms with Crippen LogP contribution in [0.2, 0.25) is 0 Å². The molecule has 1 aromatic heterocycles. The number of rotatable bonds is 10. The lowest BCUT2D eigenvalue weighted by atomic mass is 9.90. The molecule has 6 rings (SSSR count). The van der Waals surface area contributed by atoms with Crippen molar-refractivity contribution in [1.29, 1.82) is 5.26 Å². The summed E-state index contributed by atoms with van der Waals surface area (Å²) >= 11 is 0. The Kier molecular flexibility index (Phi) is 9.13. The Morgan fingerprint density at radius 2 is 1.50 bits per heavy atom. The van der Waals surface area contributed by atoms with Crippen LogP contribution in [0.25, 0.3) is 0 Å². The normalized spacial score (nSPS) is 18.0. The topological polar surface area (TPSA) is 104 Å². The number of ether oxygens (including phenoxy) is 1. The largest absolute Gasteiger partial charge is 0.490 e. The number of carbonyl (C=O) groups is 3. The van der Waals surface area contributed by atoms with E-state index in [1.54, 1.807) is 23.2 Å². The number of aromatic nitrogens is 1. The van der Waals surface area contributed by atoms with E-state index in [-0.39, 0.29) is 29.5 Å². The fourth-order valence-electron chi connectivity index (χ4n) is 6.17. The number of Topliss-reactive ketones (excluding diaryl/α,β-unsaturated/α-hetero) is 2. The summed E-state index contributed by atoms with van der Waals surface area (Å²) in [5.41, 5.74) is 3.52. The van der Waals surface area contributed by atoms with Gasteiger partial charge in [-0.1, -0.05) is 12.1 Å². The smallest absolute Gasteiger partial charge is 0.272 e. The fraction of sp³-hybridized carbons (Fsp3) is 0.417. The van der Waals surface area contributed by atoms with Gasteiger partial charge in [-0.3, -0.25) is 24.3 Å². The average molecular weight is 591 g/mol. The number of piperidine rings is 2. The Morgan fingerprint density at radius 1 is 0.818 bits per heavy atom. The maximum atomic E-state index is 13.1. The summed E-state index contributed by atoms with van der Waals surface area (Å²) in [5.74, 6) is 1.47. The van der Waals surface area contributed by atoms with Gasteiger partial charge >= 0.3 is 0 Å². The molecule has 3 fully saturated rings. The summed E-state index contributed by atoms with van der Waals surface area (Å²) in [6.45, 7) is 3.90. The van der Waals surface area contributed by atoms with Gasteiger partial charge in [0, 0.05) is 62.1 Å². The van der Waals surface area contributed by atoms with E-state index in [0.29, 0.717) is 42.2 Å². The van der Waals surface area contributed by atoms with Crippen molar-refractivity contribution in [2.75, 3.05) is 26.2 Å². The quantitative estimate of drug-likeness (QED) is 0.279. The lowest BCUT2D eigenvalue weighted by Gasteiger charge is -2.32. The molecule has 0 atom stereocenters. The molecule has 8 heteroatoms. The minimum Gasteiger partial charge on any atom is -0.490 e. The number of ketones is 2. The standard InChI is InChI=1S/C36H38N4O4/c37-22-26-1-3-27(4-2-26)24-39-17-13-25(14-18-39)21-34(41)30-9-12-33(38-23-30)36(43)40-19-15-32(16-20-40)44-31-10-7-29(8-11-31)35(42)28-5-6-28/h1-4,7-12,23,25,28,32H,5-6,13-21,24H2. The first-order chi connectivity index (χ1) is 21.4. The second-order valence-corrected chi connectivity index (χ2v) is 12.4. The highest BCUT2D eigenvalue weighted by Gasteiger charge is 2.30. The van der Waals surface area contributed by atoms with Crippen molar-refractivity contribution in [1.82, 2.24) is 14.8 Å². The van der Waals surface area contributed by atoms with E-state index >= 15 is 0 Å². The summed E-state index contributed by atoms with van der Waals surface area (Å²) in [4.78, 5) is 46.9. The van der Waals surface area contributed by atoms with Crippen molar-refractivity contribution in [2.45, 2.75) is 57.6 Å². The van der Waals surface area contributed by atoms with Gasteiger partial charge in [0.2, 0.25) is 0 Å². The average Bonchev–Trinajstić information content (AvgIpc) is 3.92. The van der Waals surface area contributed by atoms with Crippen LogP contribution in [0, 0.1) is 23.2 Å². The van der Waals surface area contributed by atoms with Gasteiger partial charge in [-0.25, -0.2) is 0 Å². The Bertz CT molecular complexity index is 1510. The van der Waals surface area contributed by atoms with Crippen molar-refractivity contribution in [3.8, 4) is 11.8 Å². The van der Waals surface area contributed by atoms with Crippen LogP contribution >= 0.6 is 0 Å². The second-order valence-electron chi connectivity index (χ2n) is 12.4. The molecule has 1 amide bonds. The fourth-order valence-corrected chi connectivity index (χ4v) is 6.17. The van der Waals surface area contributed by atoms with Crippen LogP contribution in [0.5, 0.6) is 5.75 Å². The van der Waals surface area contributed by atoms with Gasteiger partial charge in [-0.2, -0.15) is 5.26 Å². The first-order valence-electron chi connectivity index (χ1n) is 15.8. The summed E-state index contributed by atoms with van der Waals surface area (Å²) in [7, 11) is 0. The maximum absolute atomic E-state index is 13.1. The van der Waals surface area contributed by atoms with Gasteiger partial charge in [0.15, 0.2) is 11.6 Å². The van der Waals surface area contributed by atoms with Gasteiger partial charge < -0.3 is 9.64 Å². The van der Waals surface area contributed by atoms with Crippen LogP contribution in [0.15, 0.2) is 66.9 Å². The summed E-state index contributed by atoms with van der Waals surface area (Å²) < 4.78 is 6.13. The Labute approximate surface area is 258 Å². The summed E-state index contributed by atoms with van der Waals surface area (Å²) in [6, 6.07) is 20.7. The molecule has 44 heavy (non-hydrogen) atoms. The SMILES string of the molecule is N#Cc1ccc(CN2CCC(CC(=O)c3ccc(C(=O)N4CCC(Oc5ccc(C(=O)C6CC6)cc5)CC4)nc3)CC2)cc1. The highest BCUT2D eigenvalue weighted by molar-refractivity contribution is 5.99. The van der Waals surface area contributed by atoms with Gasteiger partial charge in [-0.05, 0) is 98.8 Å². The molecule has 3 aromatic rings. The van der Waals surface area contributed by atoms with Gasteiger partial charge in [0.05, 0.1) is 11.6 Å². The minimum atomic E-state index is -0.125. The number of pyridine rings is 1. The number of likely N-dealkylation sites (tertiary alicyclic amines) is 2. The molecular weight excluding hydrogens is 552 g/mol. The zero-order chi connectivity index (χ0) is 30.5. The van der Waals surface area contributed by atoms with E-state index in [1.165, 1.54) is 5.56 Å². The van der Waals surface area contributed by atoms with Crippen LogP contribution in [0.3, 0.4) is 0 Å². The van der Waals surface area contributed by atoms with E-state index in [0.717, 1.165) is 69.5 Å². The molecule has 1 saturated carbocycles. The minimum absolute atomic E-state index is 0.0137. The van der Waals surface area contributed by atoms with Crippen molar-refractivity contribution in [2.24, 2.45) is 11.8 Å². The first-order valence-corrected chi connectivity index (χ1v) is 15.8. The van der Waals surface area contributed by atoms with E-state index in [4.69, 9.17) is 10.00 Å². The van der Waals surface area contributed by atoms with Crippen LogP contribution in [-0.2, 0) is 6.54 Å². The number of carbonyl (C=O) groups excluding carboxylic acids is 3. The molecule has 3 heterocycles. The molecule has 2 aromatic carbocycles. The predicted molar refractivity (Wildman–Crippen MR) is 165 cm³/mol. The summed E-state index contributed by atoms with van der Waals surface area (Å²) in [6.07, 6.45) is 7.42. The van der Waals surface area contributed by atoms with Crippen LogP contribution in [-0.4, -0.2) is 64.5 Å². The molecule has 3 aliphatic rings. The van der Waals surface area contributed by atoms with E-state index in [9.17, 15) is 14.4 Å². The van der Waals surface area contributed by atoms with E-state index in [1.807, 2.05) is 48.5 Å². The van der Waals surface area contributed by atoms with Crippen molar-refractivity contribution in [3.05, 3.63) is 94.8 Å². The van der Waals surface area contributed by atoms with Gasteiger partial charge in [0.1, 0.15) is 17.5 Å². The third-order valence-electron chi connectivity index (χ3n) is 9.09. The number of nitriles is 1. The third-order valence-corrected chi connectivity index (χ3v) is 9.09. The monoisotopic (exact) mass is 590 g/mol. The number of benzene rings is 2. The predicted octanol–water partition coefficient (Wildman–Crippen LogP) is 5.71. The number of hydrogen-bond acceptors (Lipinski definition) is 7. The summed E-state index contributed by atoms with van der Waals surface area (Å²) in [5, 5.41) is 8.98. The molecule has 0 unspecified atom stereocenters. The first kappa shape index (κ1) is 29.7. The zero-order valence-corrected chi connectivity index (χ0v) is 25.0. The lowest BCUT2D eigenvalue weighted by Crippen LogP contribution is -2.42. The highest BCUT2D eigenvalue weighted by atomic mass is 16.5. The Hall–Kier alpha value is -4.35. The van der Waals surface area contributed by atoms with Crippen LogP contribution in [0.1, 0.15) is 87.3 Å². The molecule has 226 valence electrons. The van der Waals surface area contributed by atoms with Crippen LogP contribution < -0.4 is 4.74 Å². The molecule has 0 spiro atoms. The Morgan fingerprint density at radius 3 is 2.11 bits per heavy atom. The number of nitrogens with zero attached hydrogens (tertiary/aromatic N) is 4. The lowest BCUT2D eigenvalue weighted by molar-refractivity contribution is 0.0589. The van der Waals surface area contributed by atoms with E-state index in [2.05, 4.69) is 16.0 Å². The molecule has 0 radical (unpaired) electrons. The van der Waals surface area contributed by atoms with Crippen molar-refractivity contribution >= 4 is 17.5 Å². The highest BCUT2D eigenvalue weighted by Crippen LogP contribution is 2.33. The Balaban J connectivity index is 0.924. The molecule has 2 aliphatic heterocycles.